The van der Waals surface area contributed by atoms with Gasteiger partial charge >= 0.3 is 5.97 Å². The fourth-order valence-corrected chi connectivity index (χ4v) is 1.51. The Kier molecular flexibility index (Phi) is 3.13. The Bertz CT molecular complexity index is 489. The first-order valence-electron chi connectivity index (χ1n) is 4.68. The lowest BCUT2D eigenvalue weighted by Crippen LogP contribution is -2.13. The molecule has 0 unspecified atom stereocenters. The first-order chi connectivity index (χ1) is 7.36. The number of nitrogens with two attached hydrogens (primary N) is 1. The van der Waals surface area contributed by atoms with E-state index in [-0.39, 0.29) is 11.1 Å². The number of benzene rings is 1. The highest BCUT2D eigenvalue weighted by atomic mass is 16.4. The number of primary amides is 1. The van der Waals surface area contributed by atoms with E-state index in [4.69, 9.17) is 10.8 Å². The van der Waals surface area contributed by atoms with Crippen molar-refractivity contribution >= 4 is 17.4 Å². The van der Waals surface area contributed by atoms with Gasteiger partial charge in [-0.3, -0.25) is 4.79 Å². The van der Waals surface area contributed by atoms with Crippen LogP contribution in [0.15, 0.2) is 18.7 Å². The van der Waals surface area contributed by atoms with E-state index in [1.54, 1.807) is 19.9 Å². The molecule has 0 radical (unpaired) electrons. The topological polar surface area (TPSA) is 80.4 Å². The van der Waals surface area contributed by atoms with Crippen LogP contribution in [0, 0.1) is 13.8 Å². The van der Waals surface area contributed by atoms with Crippen molar-refractivity contribution in [2.45, 2.75) is 13.8 Å². The van der Waals surface area contributed by atoms with Gasteiger partial charge in [0.25, 0.3) is 0 Å². The van der Waals surface area contributed by atoms with Crippen molar-refractivity contribution in [2.24, 2.45) is 5.73 Å². The first kappa shape index (κ1) is 12.0. The predicted octanol–water partition coefficient (Wildman–Crippen LogP) is 1.50. The molecule has 1 aromatic rings. The zero-order valence-corrected chi connectivity index (χ0v) is 9.20. The summed E-state index contributed by atoms with van der Waals surface area (Å²) in [5, 5.41) is 8.91. The largest absolute Gasteiger partial charge is 0.478 e. The van der Waals surface area contributed by atoms with E-state index in [9.17, 15) is 9.59 Å². The van der Waals surface area contributed by atoms with Gasteiger partial charge in [0.15, 0.2) is 0 Å². The molecule has 4 heteroatoms. The number of carbonyl (C=O) groups is 2. The molecule has 16 heavy (non-hydrogen) atoms. The molecule has 0 heterocycles. The Hall–Kier alpha value is -2.10. The van der Waals surface area contributed by atoms with Gasteiger partial charge in [0, 0.05) is 5.57 Å². The molecule has 0 aliphatic carbocycles. The third kappa shape index (κ3) is 1.95. The molecule has 0 bridgehead atoms. The molecule has 0 saturated heterocycles. The number of rotatable bonds is 3. The van der Waals surface area contributed by atoms with Crippen LogP contribution in [-0.4, -0.2) is 17.0 Å². The smallest absolute Gasteiger partial charge is 0.335 e. The van der Waals surface area contributed by atoms with Crippen molar-refractivity contribution in [1.29, 1.82) is 0 Å². The Morgan fingerprint density at radius 3 is 2.06 bits per heavy atom. The minimum absolute atomic E-state index is 0.192. The molecule has 0 aliphatic heterocycles. The molecule has 3 N–H and O–H groups in total. The van der Waals surface area contributed by atoms with Crippen LogP contribution in [-0.2, 0) is 4.79 Å². The van der Waals surface area contributed by atoms with Gasteiger partial charge in [0.2, 0.25) is 5.91 Å². The number of hydrogen-bond acceptors (Lipinski definition) is 2. The van der Waals surface area contributed by atoms with Crippen molar-refractivity contribution in [3.63, 3.8) is 0 Å². The van der Waals surface area contributed by atoms with Crippen LogP contribution in [0.4, 0.5) is 0 Å². The highest BCUT2D eigenvalue weighted by Gasteiger charge is 2.14. The van der Waals surface area contributed by atoms with Crippen molar-refractivity contribution in [2.75, 3.05) is 0 Å². The predicted molar refractivity (Wildman–Crippen MR) is 61.1 cm³/mol. The van der Waals surface area contributed by atoms with Crippen molar-refractivity contribution in [3.8, 4) is 0 Å². The summed E-state index contributed by atoms with van der Waals surface area (Å²) in [6, 6.07) is 3.01. The van der Waals surface area contributed by atoms with Crippen LogP contribution in [0.5, 0.6) is 0 Å². The lowest BCUT2D eigenvalue weighted by Gasteiger charge is -2.11. The Labute approximate surface area is 93.4 Å². The third-order valence-electron chi connectivity index (χ3n) is 2.64. The Morgan fingerprint density at radius 2 is 1.62 bits per heavy atom. The van der Waals surface area contributed by atoms with Crippen LogP contribution < -0.4 is 5.73 Å². The van der Waals surface area contributed by atoms with E-state index in [1.165, 1.54) is 6.07 Å². The average molecular weight is 219 g/mol. The first-order valence-corrected chi connectivity index (χ1v) is 4.68. The van der Waals surface area contributed by atoms with E-state index in [0.717, 1.165) is 0 Å². The number of hydrogen-bond donors (Lipinski definition) is 2. The van der Waals surface area contributed by atoms with Gasteiger partial charge in [-0.15, -0.1) is 0 Å². The van der Waals surface area contributed by atoms with Crippen molar-refractivity contribution in [1.82, 2.24) is 0 Å². The maximum absolute atomic E-state index is 11.0. The van der Waals surface area contributed by atoms with Crippen molar-refractivity contribution < 1.29 is 14.7 Å². The van der Waals surface area contributed by atoms with Crippen LogP contribution in [0.1, 0.15) is 27.0 Å². The molecule has 0 atom stereocenters. The quantitative estimate of drug-likeness (QED) is 0.756. The third-order valence-corrected chi connectivity index (χ3v) is 2.64. The number of carbonyl (C=O) groups excluding carboxylic acids is 1. The second-order valence-electron chi connectivity index (χ2n) is 3.56. The number of amides is 1. The number of carboxylic acids is 1. The molecule has 1 aromatic carbocycles. The van der Waals surface area contributed by atoms with Gasteiger partial charge in [-0.25, -0.2) is 4.79 Å². The van der Waals surface area contributed by atoms with Gasteiger partial charge in [-0.1, -0.05) is 12.6 Å². The summed E-state index contributed by atoms with van der Waals surface area (Å²) >= 11 is 0. The SMILES string of the molecule is C=C(C(N)=O)c1ccc(C(=O)O)c(C)c1C. The Morgan fingerprint density at radius 1 is 1.19 bits per heavy atom. The summed E-state index contributed by atoms with van der Waals surface area (Å²) in [5.74, 6) is -1.59. The van der Waals surface area contributed by atoms with Crippen LogP contribution in [0.2, 0.25) is 0 Å². The van der Waals surface area contributed by atoms with E-state index in [0.29, 0.717) is 16.7 Å². The maximum atomic E-state index is 11.0. The second-order valence-corrected chi connectivity index (χ2v) is 3.56. The highest BCUT2D eigenvalue weighted by molar-refractivity contribution is 6.18. The fraction of sp³-hybridized carbons (Fsp3) is 0.167. The molecule has 0 spiro atoms. The summed E-state index contributed by atoms with van der Waals surface area (Å²) < 4.78 is 0. The Balaban J connectivity index is 3.38. The van der Waals surface area contributed by atoms with Gasteiger partial charge in [-0.2, -0.15) is 0 Å². The lowest BCUT2D eigenvalue weighted by molar-refractivity contribution is -0.112. The van der Waals surface area contributed by atoms with Crippen LogP contribution in [0.25, 0.3) is 5.57 Å². The summed E-state index contributed by atoms with van der Waals surface area (Å²) in [7, 11) is 0. The van der Waals surface area contributed by atoms with E-state index in [1.807, 2.05) is 0 Å². The zero-order chi connectivity index (χ0) is 12.5. The highest BCUT2D eigenvalue weighted by Crippen LogP contribution is 2.23. The van der Waals surface area contributed by atoms with Gasteiger partial charge < -0.3 is 10.8 Å². The van der Waals surface area contributed by atoms with Gasteiger partial charge in [0.1, 0.15) is 0 Å². The number of carboxylic acid groups (broad SMARTS) is 1. The van der Waals surface area contributed by atoms with E-state index < -0.39 is 11.9 Å². The molecule has 0 fully saturated rings. The molecule has 0 saturated carbocycles. The maximum Gasteiger partial charge on any atom is 0.335 e. The van der Waals surface area contributed by atoms with Gasteiger partial charge in [-0.05, 0) is 36.6 Å². The number of aromatic carboxylic acids is 1. The van der Waals surface area contributed by atoms with Crippen LogP contribution >= 0.6 is 0 Å². The summed E-state index contributed by atoms with van der Waals surface area (Å²) in [5.41, 5.74) is 7.47. The summed E-state index contributed by atoms with van der Waals surface area (Å²) in [4.78, 5) is 21.9. The van der Waals surface area contributed by atoms with Gasteiger partial charge in [0.05, 0.1) is 5.56 Å². The summed E-state index contributed by atoms with van der Waals surface area (Å²) in [6.45, 7) is 7.01. The zero-order valence-electron chi connectivity index (χ0n) is 9.20. The molecule has 1 amide bonds. The minimum atomic E-state index is -0.989. The molecule has 1 rings (SSSR count). The van der Waals surface area contributed by atoms with Crippen LogP contribution in [0.3, 0.4) is 0 Å². The molecular weight excluding hydrogens is 206 g/mol. The fourth-order valence-electron chi connectivity index (χ4n) is 1.51. The van der Waals surface area contributed by atoms with E-state index in [2.05, 4.69) is 6.58 Å². The van der Waals surface area contributed by atoms with E-state index >= 15 is 0 Å². The molecule has 0 aliphatic rings. The molecule has 0 aromatic heterocycles. The lowest BCUT2D eigenvalue weighted by atomic mass is 9.94. The van der Waals surface area contributed by atoms with Crippen molar-refractivity contribution in [3.05, 3.63) is 41.0 Å². The standard InChI is InChI=1S/C12H13NO3/c1-6-7(2)10(12(15)16)5-4-9(6)8(3)11(13)14/h4-5H,3H2,1-2H3,(H2,13,14)(H,15,16). The minimum Gasteiger partial charge on any atom is -0.478 e. The second kappa shape index (κ2) is 4.18. The molecule has 4 nitrogen and oxygen atoms in total. The molecular formula is C12H13NO3. The molecule has 84 valence electrons. The average Bonchev–Trinajstić information content (AvgIpc) is 2.20. The normalized spacial score (nSPS) is 9.88. The monoisotopic (exact) mass is 219 g/mol. The summed E-state index contributed by atoms with van der Waals surface area (Å²) in [6.07, 6.45) is 0.